The van der Waals surface area contributed by atoms with Crippen LogP contribution in [-0.2, 0) is 19.1 Å². The van der Waals surface area contributed by atoms with E-state index in [-0.39, 0.29) is 6.54 Å². The molecule has 0 radical (unpaired) electrons. The lowest BCUT2D eigenvalue weighted by Gasteiger charge is -2.23. The number of alkyl halides is 1. The van der Waals surface area contributed by atoms with Crippen LogP contribution in [-0.4, -0.2) is 54.6 Å². The van der Waals surface area contributed by atoms with Gasteiger partial charge in [-0.15, -0.1) is 0 Å². The van der Waals surface area contributed by atoms with Crippen molar-refractivity contribution in [2.24, 2.45) is 5.92 Å². The van der Waals surface area contributed by atoms with Gasteiger partial charge in [0.2, 0.25) is 0 Å². The molecule has 0 aromatic heterocycles. The predicted molar refractivity (Wildman–Crippen MR) is 90.6 cm³/mol. The Balaban J connectivity index is 2.70. The van der Waals surface area contributed by atoms with Gasteiger partial charge in [0.25, 0.3) is 0 Å². The van der Waals surface area contributed by atoms with E-state index < -0.39 is 49.0 Å². The number of nitrogens with one attached hydrogen (secondary N) is 2. The zero-order valence-corrected chi connectivity index (χ0v) is 14.2. The van der Waals surface area contributed by atoms with Crippen LogP contribution in [0.1, 0.15) is 13.3 Å². The standard InChI is InChI=1S/C17H21FN2O6/c1-11(10-21)15(9-19-13(7-16(23)24)14(22)8-18)26-17(25)20-12-5-3-2-4-6-12/h2-6,10-11,13,15,19H,7-9H2,1H3,(H,20,25)(H,23,24)/t11?,13-,15-/m0/s1. The number of aliphatic carboxylic acids is 1. The number of ketones is 1. The molecule has 0 saturated carbocycles. The van der Waals surface area contributed by atoms with E-state index in [1.165, 1.54) is 6.92 Å². The maximum absolute atomic E-state index is 12.6. The number of rotatable bonds is 11. The first kappa shape index (κ1) is 21.2. The normalized spacial score (nSPS) is 13.9. The Morgan fingerprint density at radius 2 is 1.92 bits per heavy atom. The summed E-state index contributed by atoms with van der Waals surface area (Å²) in [6.07, 6.45) is -1.85. The number of amides is 1. The van der Waals surface area contributed by atoms with Gasteiger partial charge in [0, 0.05) is 12.2 Å². The van der Waals surface area contributed by atoms with Gasteiger partial charge in [-0.3, -0.25) is 14.9 Å². The zero-order chi connectivity index (χ0) is 19.5. The molecule has 0 aliphatic rings. The van der Waals surface area contributed by atoms with Gasteiger partial charge in [-0.1, -0.05) is 25.1 Å². The number of ether oxygens (including phenoxy) is 1. The van der Waals surface area contributed by atoms with Gasteiger partial charge in [0.1, 0.15) is 19.1 Å². The molecule has 0 aliphatic heterocycles. The predicted octanol–water partition coefficient (Wildman–Crippen LogP) is 1.41. The van der Waals surface area contributed by atoms with E-state index >= 15 is 0 Å². The minimum Gasteiger partial charge on any atom is -0.481 e. The Morgan fingerprint density at radius 3 is 2.46 bits per heavy atom. The summed E-state index contributed by atoms with van der Waals surface area (Å²) in [6.45, 7) is -0.0156. The molecule has 9 heteroatoms. The summed E-state index contributed by atoms with van der Waals surface area (Å²) >= 11 is 0. The molecule has 0 saturated heterocycles. The van der Waals surface area contributed by atoms with Crippen molar-refractivity contribution in [1.82, 2.24) is 5.32 Å². The molecule has 3 atom stereocenters. The maximum Gasteiger partial charge on any atom is 0.411 e. The second kappa shape index (κ2) is 10.9. The van der Waals surface area contributed by atoms with E-state index in [0.717, 1.165) is 0 Å². The topological polar surface area (TPSA) is 122 Å². The minimum absolute atomic E-state index is 0.189. The molecule has 1 amide bonds. The van der Waals surface area contributed by atoms with Gasteiger partial charge in [0.15, 0.2) is 5.78 Å². The van der Waals surface area contributed by atoms with Crippen LogP contribution in [0.4, 0.5) is 14.9 Å². The minimum atomic E-state index is -1.33. The molecule has 8 nitrogen and oxygen atoms in total. The highest BCUT2D eigenvalue weighted by molar-refractivity contribution is 5.88. The molecule has 1 unspecified atom stereocenters. The lowest BCUT2D eigenvalue weighted by atomic mass is 10.0. The average molecular weight is 368 g/mol. The Labute approximate surface area is 149 Å². The fourth-order valence-corrected chi connectivity index (χ4v) is 2.05. The number of Topliss-reactive ketones (excluding diaryl/α,β-unsaturated/α-hetero) is 1. The molecular weight excluding hydrogens is 347 g/mol. The van der Waals surface area contributed by atoms with Crippen molar-refractivity contribution < 1.29 is 33.4 Å². The third kappa shape index (κ3) is 7.39. The first-order valence-corrected chi connectivity index (χ1v) is 7.89. The Bertz CT molecular complexity index is 625. The number of carbonyl (C=O) groups excluding carboxylic acids is 3. The van der Waals surface area contributed by atoms with Crippen molar-refractivity contribution in [2.45, 2.75) is 25.5 Å². The molecule has 142 valence electrons. The third-order valence-electron chi connectivity index (χ3n) is 3.54. The number of hydrogen-bond donors (Lipinski definition) is 3. The van der Waals surface area contributed by atoms with Crippen LogP contribution < -0.4 is 10.6 Å². The highest BCUT2D eigenvalue weighted by Gasteiger charge is 2.26. The second-order valence-corrected chi connectivity index (χ2v) is 5.59. The van der Waals surface area contributed by atoms with E-state index in [1.54, 1.807) is 30.3 Å². The number of benzene rings is 1. The van der Waals surface area contributed by atoms with Crippen molar-refractivity contribution in [3.05, 3.63) is 30.3 Å². The third-order valence-corrected chi connectivity index (χ3v) is 3.54. The molecule has 3 N–H and O–H groups in total. The monoisotopic (exact) mass is 368 g/mol. The summed E-state index contributed by atoms with van der Waals surface area (Å²) in [6, 6.07) is 7.19. The molecule has 1 rings (SSSR count). The van der Waals surface area contributed by atoms with Crippen molar-refractivity contribution in [3.8, 4) is 0 Å². The SMILES string of the molecule is CC(C=O)[C@H](CN[C@@H](CC(=O)O)C(=O)CF)OC(=O)Nc1ccccc1. The fraction of sp³-hybridized carbons (Fsp3) is 0.412. The molecule has 1 aromatic carbocycles. The lowest BCUT2D eigenvalue weighted by molar-refractivity contribution is -0.139. The molecule has 26 heavy (non-hydrogen) atoms. The number of hydrogen-bond acceptors (Lipinski definition) is 6. The van der Waals surface area contributed by atoms with Gasteiger partial charge >= 0.3 is 12.1 Å². The van der Waals surface area contributed by atoms with Crippen LogP contribution in [0, 0.1) is 5.92 Å². The van der Waals surface area contributed by atoms with Crippen LogP contribution in [0.5, 0.6) is 0 Å². The fourth-order valence-electron chi connectivity index (χ4n) is 2.05. The smallest absolute Gasteiger partial charge is 0.411 e. The number of carboxylic acid groups (broad SMARTS) is 1. The molecule has 0 spiro atoms. The second-order valence-electron chi connectivity index (χ2n) is 5.59. The van der Waals surface area contributed by atoms with Crippen molar-refractivity contribution >= 4 is 29.8 Å². The van der Waals surface area contributed by atoms with Gasteiger partial charge in [-0.2, -0.15) is 0 Å². The summed E-state index contributed by atoms with van der Waals surface area (Å²) < 4.78 is 17.7. The van der Waals surface area contributed by atoms with Gasteiger partial charge in [0.05, 0.1) is 18.4 Å². The molecule has 0 aliphatic carbocycles. The highest BCUT2D eigenvalue weighted by Crippen LogP contribution is 2.10. The summed E-state index contributed by atoms with van der Waals surface area (Å²) in [4.78, 5) is 45.2. The van der Waals surface area contributed by atoms with Gasteiger partial charge < -0.3 is 20.0 Å². The number of aldehydes is 1. The van der Waals surface area contributed by atoms with Crippen LogP contribution in [0.3, 0.4) is 0 Å². The van der Waals surface area contributed by atoms with E-state index in [0.29, 0.717) is 12.0 Å². The highest BCUT2D eigenvalue weighted by atomic mass is 19.1. The number of para-hydroxylation sites is 1. The summed E-state index contributed by atoms with van der Waals surface area (Å²) in [5, 5.41) is 13.8. The summed E-state index contributed by atoms with van der Waals surface area (Å²) in [5.41, 5.74) is 0.485. The molecule has 1 aromatic rings. The van der Waals surface area contributed by atoms with Crippen LogP contribution in [0.15, 0.2) is 30.3 Å². The van der Waals surface area contributed by atoms with Crippen LogP contribution in [0.2, 0.25) is 0 Å². The molecule has 0 fully saturated rings. The summed E-state index contributed by atoms with van der Waals surface area (Å²) in [5.74, 6) is -2.94. The largest absolute Gasteiger partial charge is 0.481 e. The first-order valence-electron chi connectivity index (χ1n) is 7.89. The van der Waals surface area contributed by atoms with Crippen molar-refractivity contribution in [2.75, 3.05) is 18.5 Å². The van der Waals surface area contributed by atoms with E-state index in [4.69, 9.17) is 9.84 Å². The number of carboxylic acids is 1. The Hall–Kier alpha value is -2.81. The molecule has 0 bridgehead atoms. The van der Waals surface area contributed by atoms with Gasteiger partial charge in [-0.25, -0.2) is 9.18 Å². The maximum atomic E-state index is 12.6. The van der Waals surface area contributed by atoms with Gasteiger partial charge in [-0.05, 0) is 12.1 Å². The lowest BCUT2D eigenvalue weighted by Crippen LogP contribution is -2.46. The average Bonchev–Trinajstić information content (AvgIpc) is 2.63. The Kier molecular flexibility index (Phi) is 8.93. The van der Waals surface area contributed by atoms with Crippen LogP contribution in [0.25, 0.3) is 0 Å². The Morgan fingerprint density at radius 1 is 1.27 bits per heavy atom. The van der Waals surface area contributed by atoms with E-state index in [1.807, 2.05) is 0 Å². The molecule has 0 heterocycles. The molecular formula is C17H21FN2O6. The number of anilines is 1. The van der Waals surface area contributed by atoms with E-state index in [2.05, 4.69) is 10.6 Å². The zero-order valence-electron chi connectivity index (χ0n) is 14.2. The number of halogens is 1. The van der Waals surface area contributed by atoms with E-state index in [9.17, 15) is 23.6 Å². The van der Waals surface area contributed by atoms with Crippen molar-refractivity contribution in [1.29, 1.82) is 0 Å². The first-order chi connectivity index (χ1) is 12.4. The van der Waals surface area contributed by atoms with Crippen molar-refractivity contribution in [3.63, 3.8) is 0 Å². The summed E-state index contributed by atoms with van der Waals surface area (Å²) in [7, 11) is 0. The quantitative estimate of drug-likeness (QED) is 0.505. The van der Waals surface area contributed by atoms with Crippen LogP contribution >= 0.6 is 0 Å². The number of carbonyl (C=O) groups is 4.